The summed E-state index contributed by atoms with van der Waals surface area (Å²) in [6, 6.07) is 2.54. The molecular formula is C13H21NO. The molecule has 0 fully saturated rings. The normalized spacial score (nSPS) is 12.7. The number of nitrogens with one attached hydrogen (secondary N) is 1. The van der Waals surface area contributed by atoms with Crippen molar-refractivity contribution in [2.24, 2.45) is 0 Å². The van der Waals surface area contributed by atoms with Crippen LogP contribution in [-0.2, 0) is 6.54 Å². The van der Waals surface area contributed by atoms with Crippen molar-refractivity contribution in [2.75, 3.05) is 0 Å². The minimum absolute atomic E-state index is 0.537. The Labute approximate surface area is 92.4 Å². The minimum atomic E-state index is 0.537. The third-order valence-corrected chi connectivity index (χ3v) is 2.62. The quantitative estimate of drug-likeness (QED) is 0.547. The first-order valence-corrected chi connectivity index (χ1v) is 5.61. The monoisotopic (exact) mass is 207 g/mol. The second kappa shape index (κ2) is 6.46. The summed E-state index contributed by atoms with van der Waals surface area (Å²) in [4.78, 5) is 0. The molecule has 0 radical (unpaired) electrons. The van der Waals surface area contributed by atoms with Crippen molar-refractivity contribution in [3.63, 3.8) is 0 Å². The molecule has 0 aromatic carbocycles. The molecule has 0 spiro atoms. The molecular weight excluding hydrogens is 186 g/mol. The highest BCUT2D eigenvalue weighted by Crippen LogP contribution is 2.09. The summed E-state index contributed by atoms with van der Waals surface area (Å²) in [5.74, 6) is 1.05. The number of unbranched alkanes of at least 4 members (excludes halogenated alkanes) is 1. The van der Waals surface area contributed by atoms with Gasteiger partial charge in [0.25, 0.3) is 0 Å². The Morgan fingerprint density at radius 2 is 2.40 bits per heavy atom. The second-order valence-corrected chi connectivity index (χ2v) is 4.03. The predicted molar refractivity (Wildman–Crippen MR) is 63.8 cm³/mol. The van der Waals surface area contributed by atoms with E-state index in [4.69, 9.17) is 4.42 Å². The van der Waals surface area contributed by atoms with E-state index in [1.54, 1.807) is 6.26 Å². The molecule has 1 heterocycles. The van der Waals surface area contributed by atoms with Crippen molar-refractivity contribution in [1.29, 1.82) is 0 Å². The summed E-state index contributed by atoms with van der Waals surface area (Å²) in [5, 5.41) is 3.46. The second-order valence-electron chi connectivity index (χ2n) is 4.03. The number of rotatable bonds is 7. The van der Waals surface area contributed by atoms with Crippen molar-refractivity contribution >= 4 is 0 Å². The highest BCUT2D eigenvalue weighted by atomic mass is 16.3. The summed E-state index contributed by atoms with van der Waals surface area (Å²) in [5.41, 5.74) is 1.22. The van der Waals surface area contributed by atoms with E-state index < -0.39 is 0 Å². The third-order valence-electron chi connectivity index (χ3n) is 2.62. The Balaban J connectivity index is 2.19. The maximum atomic E-state index is 5.36. The maximum absolute atomic E-state index is 5.36. The van der Waals surface area contributed by atoms with Gasteiger partial charge in [0.15, 0.2) is 0 Å². The number of allylic oxidation sites excluding steroid dienone is 1. The molecule has 2 heteroatoms. The van der Waals surface area contributed by atoms with E-state index >= 15 is 0 Å². The Kier molecular flexibility index (Phi) is 5.19. The summed E-state index contributed by atoms with van der Waals surface area (Å²) in [6.45, 7) is 8.83. The number of hydrogen-bond acceptors (Lipinski definition) is 2. The van der Waals surface area contributed by atoms with Gasteiger partial charge in [0, 0.05) is 6.04 Å². The molecule has 1 atom stereocenters. The Bertz CT molecular complexity index is 290. The van der Waals surface area contributed by atoms with E-state index in [-0.39, 0.29) is 0 Å². The molecule has 0 amide bonds. The highest BCUT2D eigenvalue weighted by Gasteiger charge is 2.04. The molecule has 0 saturated heterocycles. The van der Waals surface area contributed by atoms with Crippen LogP contribution in [0.1, 0.15) is 37.5 Å². The lowest BCUT2D eigenvalue weighted by Crippen LogP contribution is -2.25. The largest absolute Gasteiger partial charge is 0.468 e. The van der Waals surface area contributed by atoms with E-state index in [2.05, 4.69) is 25.7 Å². The molecule has 0 aliphatic carbocycles. The summed E-state index contributed by atoms with van der Waals surface area (Å²) in [7, 11) is 0. The molecule has 0 saturated carbocycles. The van der Waals surface area contributed by atoms with Gasteiger partial charge in [0.2, 0.25) is 0 Å². The van der Waals surface area contributed by atoms with E-state index in [1.165, 1.54) is 18.4 Å². The van der Waals surface area contributed by atoms with Crippen LogP contribution >= 0.6 is 0 Å². The summed E-state index contributed by atoms with van der Waals surface area (Å²) in [6.07, 6.45) is 7.21. The molecule has 0 aliphatic heterocycles. The van der Waals surface area contributed by atoms with E-state index in [9.17, 15) is 0 Å². The van der Waals surface area contributed by atoms with Crippen molar-refractivity contribution in [3.05, 3.63) is 36.3 Å². The first kappa shape index (κ1) is 12.1. The van der Waals surface area contributed by atoms with Crippen LogP contribution in [0.3, 0.4) is 0 Å². The van der Waals surface area contributed by atoms with Gasteiger partial charge in [0.1, 0.15) is 5.76 Å². The van der Waals surface area contributed by atoms with Crippen molar-refractivity contribution in [2.45, 2.75) is 45.7 Å². The lowest BCUT2D eigenvalue weighted by atomic mass is 10.1. The van der Waals surface area contributed by atoms with E-state index in [1.807, 2.05) is 12.1 Å². The van der Waals surface area contributed by atoms with Gasteiger partial charge >= 0.3 is 0 Å². The highest BCUT2D eigenvalue weighted by molar-refractivity contribution is 5.14. The molecule has 1 N–H and O–H groups in total. The zero-order chi connectivity index (χ0) is 11.1. The molecule has 1 aromatic rings. The lowest BCUT2D eigenvalue weighted by molar-refractivity contribution is 0.437. The Hall–Kier alpha value is -1.02. The van der Waals surface area contributed by atoms with Gasteiger partial charge in [-0.3, -0.25) is 0 Å². The number of hydrogen-bond donors (Lipinski definition) is 1. The van der Waals surface area contributed by atoms with Crippen molar-refractivity contribution < 1.29 is 4.42 Å². The van der Waals surface area contributed by atoms with Crippen LogP contribution in [0, 0.1) is 6.92 Å². The van der Waals surface area contributed by atoms with Crippen LogP contribution in [0.2, 0.25) is 0 Å². The molecule has 1 aromatic heterocycles. The van der Waals surface area contributed by atoms with Crippen LogP contribution in [0.15, 0.2) is 29.4 Å². The van der Waals surface area contributed by atoms with E-state index in [0.29, 0.717) is 6.04 Å². The minimum Gasteiger partial charge on any atom is -0.468 e. The zero-order valence-electron chi connectivity index (χ0n) is 9.75. The van der Waals surface area contributed by atoms with Gasteiger partial charge in [-0.05, 0) is 44.7 Å². The van der Waals surface area contributed by atoms with E-state index in [0.717, 1.165) is 18.7 Å². The van der Waals surface area contributed by atoms with Crippen LogP contribution in [0.5, 0.6) is 0 Å². The SMILES string of the molecule is C=CCCCC(C)NCc1occc1C. The smallest absolute Gasteiger partial charge is 0.120 e. The predicted octanol–water partition coefficient (Wildman–Crippen LogP) is 3.42. The third kappa shape index (κ3) is 4.34. The standard InChI is InChI=1S/C13H21NO/c1-4-5-6-7-12(3)14-10-13-11(2)8-9-15-13/h4,8-9,12,14H,1,5-7,10H2,2-3H3. The summed E-state index contributed by atoms with van der Waals surface area (Å²) < 4.78 is 5.36. The fourth-order valence-corrected chi connectivity index (χ4v) is 1.52. The first-order chi connectivity index (χ1) is 7.24. The van der Waals surface area contributed by atoms with Gasteiger partial charge in [-0.25, -0.2) is 0 Å². The molecule has 0 aliphatic rings. The van der Waals surface area contributed by atoms with Gasteiger partial charge in [-0.15, -0.1) is 6.58 Å². The first-order valence-electron chi connectivity index (χ1n) is 5.61. The van der Waals surface area contributed by atoms with Gasteiger partial charge in [-0.2, -0.15) is 0 Å². The molecule has 0 bridgehead atoms. The van der Waals surface area contributed by atoms with Crippen LogP contribution in [0.25, 0.3) is 0 Å². The molecule has 1 rings (SSSR count). The zero-order valence-corrected chi connectivity index (χ0v) is 9.75. The fraction of sp³-hybridized carbons (Fsp3) is 0.538. The topological polar surface area (TPSA) is 25.2 Å². The summed E-state index contributed by atoms with van der Waals surface area (Å²) >= 11 is 0. The Morgan fingerprint density at radius 1 is 1.60 bits per heavy atom. The van der Waals surface area contributed by atoms with Crippen molar-refractivity contribution in [1.82, 2.24) is 5.32 Å². The van der Waals surface area contributed by atoms with Gasteiger partial charge in [0.05, 0.1) is 12.8 Å². The van der Waals surface area contributed by atoms with Crippen LogP contribution in [0.4, 0.5) is 0 Å². The number of aryl methyl sites for hydroxylation is 1. The van der Waals surface area contributed by atoms with Gasteiger partial charge in [-0.1, -0.05) is 6.08 Å². The van der Waals surface area contributed by atoms with Crippen molar-refractivity contribution in [3.8, 4) is 0 Å². The average molecular weight is 207 g/mol. The van der Waals surface area contributed by atoms with Crippen LogP contribution in [-0.4, -0.2) is 6.04 Å². The molecule has 1 unspecified atom stereocenters. The lowest BCUT2D eigenvalue weighted by Gasteiger charge is -2.12. The molecule has 15 heavy (non-hydrogen) atoms. The average Bonchev–Trinajstić information content (AvgIpc) is 2.61. The van der Waals surface area contributed by atoms with Gasteiger partial charge < -0.3 is 9.73 Å². The Morgan fingerprint density at radius 3 is 3.00 bits per heavy atom. The maximum Gasteiger partial charge on any atom is 0.120 e. The fourth-order valence-electron chi connectivity index (χ4n) is 1.52. The molecule has 84 valence electrons. The molecule has 2 nitrogen and oxygen atoms in total. The number of furan rings is 1. The van der Waals surface area contributed by atoms with Crippen LogP contribution < -0.4 is 5.32 Å².